The summed E-state index contributed by atoms with van der Waals surface area (Å²) >= 11 is 6.70. The second kappa shape index (κ2) is 32.6. The average molecular weight is 1200 g/mol. The van der Waals surface area contributed by atoms with Gasteiger partial charge in [0.25, 0.3) is 5.91 Å². The third-order valence-corrected chi connectivity index (χ3v) is 14.9. The summed E-state index contributed by atoms with van der Waals surface area (Å²) in [6, 6.07) is -13.9. The number of esters is 1. The van der Waals surface area contributed by atoms with Crippen LogP contribution in [0.25, 0.3) is 0 Å². The van der Waals surface area contributed by atoms with Gasteiger partial charge in [0.1, 0.15) is 66.8 Å². The maximum Gasteiger partial charge on any atom is 0.326 e. The standard InChI is InChI=1S/C56H96ClN11O15/c1-22-37-51(77)62(15)28-41(71)63(16)40(27-56(13,14)82)48(74)61-42(31(6)7)53(79)64(17)38(25-29(2)3)47(73)58-34(10)46(72)59-35(11)50(76)65(18)39(26-30(4)5)52(78)68(21)55(81)67(20)43(33(9)57)54(80)66(19)44(49(75)60-37)45(83-36(12)70)32(8)23-24-69/h24,29-35,37-40,42-45,82H,22-23,25-28H2,1-21H3,(H,58,73)(H,59,72)(H,60,75)(H,61,74)/t32-,33?,34-,35?,37?,38-,39-,40+,42-,43?,44?,45-/m1/s1. The summed E-state index contributed by atoms with van der Waals surface area (Å²) in [4.78, 5) is 190. The van der Waals surface area contributed by atoms with Gasteiger partial charge in [-0.15, -0.1) is 11.6 Å². The van der Waals surface area contributed by atoms with E-state index in [-0.39, 0.29) is 43.9 Å². The Morgan fingerprint density at radius 3 is 1.61 bits per heavy atom. The zero-order valence-corrected chi connectivity index (χ0v) is 53.4. The van der Waals surface area contributed by atoms with E-state index in [1.807, 2.05) is 13.8 Å². The highest BCUT2D eigenvalue weighted by molar-refractivity contribution is 6.23. The fourth-order valence-electron chi connectivity index (χ4n) is 9.64. The summed E-state index contributed by atoms with van der Waals surface area (Å²) in [5.41, 5.74) is -1.58. The SMILES string of the molecule is CCC1NC(=O)C([C@H](OC(C)=O)[C@H](C)CC=O)N(C)C(=O)C(C(C)Cl)N(C)C(=O)N(C)C(=O)[C@@H](CC(C)C)N(C)C(=O)C(C)NC(=O)[C@@H](C)NC(=O)[C@@H](CC(C)C)N(C)C(=O)[C@@H](C(C)C)NC(=O)[C@H](CC(C)(C)O)N(C)C(=O)CN(C)C1=O. The second-order valence-corrected chi connectivity index (χ2v) is 24.5. The van der Waals surface area contributed by atoms with Crippen molar-refractivity contribution in [2.75, 3.05) is 55.9 Å². The van der Waals surface area contributed by atoms with E-state index in [1.165, 1.54) is 83.7 Å². The van der Waals surface area contributed by atoms with Crippen molar-refractivity contribution in [2.45, 2.75) is 200 Å². The van der Waals surface area contributed by atoms with Gasteiger partial charge >= 0.3 is 12.0 Å². The molecule has 12 amide bonds. The molecule has 0 aromatic carbocycles. The number of hydrogen-bond donors (Lipinski definition) is 5. The lowest BCUT2D eigenvalue weighted by Crippen LogP contribution is -2.64. The largest absolute Gasteiger partial charge is 0.459 e. The highest BCUT2D eigenvalue weighted by atomic mass is 35.5. The molecule has 5 unspecified atom stereocenters. The molecule has 1 rings (SSSR count). The van der Waals surface area contributed by atoms with Crippen molar-refractivity contribution in [1.82, 2.24) is 55.6 Å². The van der Waals surface area contributed by atoms with Crippen LogP contribution in [0, 0.1) is 23.7 Å². The monoisotopic (exact) mass is 1200 g/mol. The lowest BCUT2D eigenvalue weighted by molar-refractivity contribution is -0.162. The molecule has 83 heavy (non-hydrogen) atoms. The summed E-state index contributed by atoms with van der Waals surface area (Å²) in [5, 5.41) is 20.3. The summed E-state index contributed by atoms with van der Waals surface area (Å²) < 4.78 is 5.65. The van der Waals surface area contributed by atoms with Crippen LogP contribution in [0.5, 0.6) is 0 Å². The van der Waals surface area contributed by atoms with Crippen molar-refractivity contribution >= 4 is 89.0 Å². The van der Waals surface area contributed by atoms with Gasteiger partial charge in [-0.1, -0.05) is 55.4 Å². The molecule has 1 fully saturated rings. The maximum atomic E-state index is 14.9. The number of carbonyl (C=O) groups excluding carboxylic acids is 13. The molecule has 0 bridgehead atoms. The number of nitrogens with one attached hydrogen (secondary N) is 4. The smallest absolute Gasteiger partial charge is 0.326 e. The molecule has 5 N–H and O–H groups in total. The number of aldehydes is 1. The fourth-order valence-corrected chi connectivity index (χ4v) is 9.92. The molecule has 0 aromatic heterocycles. The lowest BCUT2D eigenvalue weighted by Gasteiger charge is -2.40. The Morgan fingerprint density at radius 2 is 1.14 bits per heavy atom. The van der Waals surface area contributed by atoms with E-state index in [2.05, 4.69) is 21.3 Å². The quantitative estimate of drug-likeness (QED) is 0.0910. The molecule has 26 nitrogen and oxygen atoms in total. The van der Waals surface area contributed by atoms with Crippen LogP contribution in [0.15, 0.2) is 0 Å². The number of urea groups is 1. The van der Waals surface area contributed by atoms with Crippen molar-refractivity contribution in [3.63, 3.8) is 0 Å². The molecule has 0 radical (unpaired) electrons. The number of rotatable bonds is 14. The summed E-state index contributed by atoms with van der Waals surface area (Å²) in [5.74, 6) is -11.4. The molecule has 1 aliphatic heterocycles. The van der Waals surface area contributed by atoms with Gasteiger partial charge in [0.05, 0.1) is 17.5 Å². The van der Waals surface area contributed by atoms with E-state index in [9.17, 15) is 67.4 Å². The van der Waals surface area contributed by atoms with Crippen molar-refractivity contribution < 1.29 is 72.2 Å². The van der Waals surface area contributed by atoms with Crippen LogP contribution in [0.1, 0.15) is 129 Å². The second-order valence-electron chi connectivity index (χ2n) is 23.8. The Hall–Kier alpha value is -6.44. The highest BCUT2D eigenvalue weighted by Crippen LogP contribution is 2.25. The van der Waals surface area contributed by atoms with Gasteiger partial charge in [0, 0.05) is 75.0 Å². The van der Waals surface area contributed by atoms with Crippen LogP contribution in [-0.2, 0) is 62.3 Å². The fraction of sp³-hybridized carbons (Fsp3) is 0.768. The van der Waals surface area contributed by atoms with Crippen LogP contribution in [-0.4, -0.2) is 244 Å². The van der Waals surface area contributed by atoms with E-state index in [4.69, 9.17) is 16.3 Å². The predicted molar refractivity (Wildman–Crippen MR) is 308 cm³/mol. The topological polar surface area (TPSA) is 322 Å². The highest BCUT2D eigenvalue weighted by Gasteiger charge is 2.47. The van der Waals surface area contributed by atoms with Gasteiger partial charge in [-0.25, -0.2) is 4.79 Å². The Balaban J connectivity index is 4.32. The van der Waals surface area contributed by atoms with Gasteiger partial charge in [-0.3, -0.25) is 57.6 Å². The number of nitrogens with zero attached hydrogens (tertiary/aromatic N) is 7. The minimum absolute atomic E-state index is 0.0104. The molecule has 0 saturated carbocycles. The van der Waals surface area contributed by atoms with Crippen molar-refractivity contribution in [3.8, 4) is 0 Å². The predicted octanol–water partition coefficient (Wildman–Crippen LogP) is 0.727. The number of likely N-dealkylation sites (N-methyl/N-ethyl adjacent to an activating group) is 7. The van der Waals surface area contributed by atoms with Crippen molar-refractivity contribution in [2.24, 2.45) is 23.7 Å². The van der Waals surface area contributed by atoms with E-state index in [0.29, 0.717) is 11.2 Å². The van der Waals surface area contributed by atoms with Gasteiger partial charge in [0.2, 0.25) is 53.2 Å². The van der Waals surface area contributed by atoms with Crippen LogP contribution in [0.4, 0.5) is 4.79 Å². The van der Waals surface area contributed by atoms with Gasteiger partial charge < -0.3 is 65.3 Å². The minimum atomic E-state index is -1.84. The number of aliphatic hydroxyl groups is 1. The first-order chi connectivity index (χ1) is 38.1. The Labute approximate surface area is 495 Å². The van der Waals surface area contributed by atoms with E-state index >= 15 is 0 Å². The van der Waals surface area contributed by atoms with Crippen LogP contribution in [0.2, 0.25) is 0 Å². The normalized spacial score (nSPS) is 26.4. The van der Waals surface area contributed by atoms with Crippen LogP contribution in [0.3, 0.4) is 0 Å². The first-order valence-electron chi connectivity index (χ1n) is 28.1. The summed E-state index contributed by atoms with van der Waals surface area (Å²) in [7, 11) is 8.65. The molecule has 12 atom stereocenters. The van der Waals surface area contributed by atoms with Crippen LogP contribution >= 0.6 is 11.6 Å². The Bertz CT molecular complexity index is 2350. The van der Waals surface area contributed by atoms with Crippen molar-refractivity contribution in [1.29, 1.82) is 0 Å². The maximum absolute atomic E-state index is 14.9. The minimum Gasteiger partial charge on any atom is -0.459 e. The number of amides is 12. The molecular formula is C56H96ClN11O15. The van der Waals surface area contributed by atoms with E-state index < -0.39 is 161 Å². The molecular weight excluding hydrogens is 1100 g/mol. The molecule has 1 heterocycles. The lowest BCUT2D eigenvalue weighted by atomic mass is 9.92. The zero-order chi connectivity index (χ0) is 64.6. The summed E-state index contributed by atoms with van der Waals surface area (Å²) in [6.07, 6.45) is -1.71. The average Bonchev–Trinajstić information content (AvgIpc) is 3.59. The molecule has 0 aliphatic carbocycles. The number of imide groups is 1. The number of hydrogen-bond acceptors (Lipinski definition) is 15. The van der Waals surface area contributed by atoms with Gasteiger partial charge in [-0.05, 0) is 71.6 Å². The Morgan fingerprint density at radius 1 is 0.639 bits per heavy atom. The molecule has 472 valence electrons. The van der Waals surface area contributed by atoms with Crippen LogP contribution < -0.4 is 21.3 Å². The number of ether oxygens (including phenoxy) is 1. The van der Waals surface area contributed by atoms with E-state index in [0.717, 1.165) is 50.4 Å². The van der Waals surface area contributed by atoms with Gasteiger partial charge in [0.15, 0.2) is 0 Å². The molecule has 0 spiro atoms. The zero-order valence-electron chi connectivity index (χ0n) is 52.7. The molecule has 27 heteroatoms. The molecule has 1 saturated heterocycles. The molecule has 1 aliphatic rings. The first kappa shape index (κ1) is 74.6. The third-order valence-electron chi connectivity index (χ3n) is 14.6. The van der Waals surface area contributed by atoms with E-state index in [1.54, 1.807) is 27.7 Å². The number of alkyl halides is 1. The Kier molecular flexibility index (Phi) is 29.3. The summed E-state index contributed by atoms with van der Waals surface area (Å²) in [6.45, 7) is 20.7. The number of carbonyl (C=O) groups is 13. The van der Waals surface area contributed by atoms with Gasteiger partial charge in [-0.2, -0.15) is 0 Å². The molecule has 0 aromatic rings. The first-order valence-corrected chi connectivity index (χ1v) is 28.6. The van der Waals surface area contributed by atoms with Crippen molar-refractivity contribution in [3.05, 3.63) is 0 Å². The third kappa shape index (κ3) is 21.0. The number of halogens is 1.